The van der Waals surface area contributed by atoms with E-state index in [1.54, 1.807) is 13.8 Å². The van der Waals surface area contributed by atoms with Crippen molar-refractivity contribution in [2.75, 3.05) is 12.3 Å². The van der Waals surface area contributed by atoms with Crippen molar-refractivity contribution < 1.29 is 42.7 Å². The van der Waals surface area contributed by atoms with Gasteiger partial charge in [0.25, 0.3) is 5.56 Å². The van der Waals surface area contributed by atoms with E-state index in [2.05, 4.69) is 15.0 Å². The number of carbonyl (C=O) groups is 2. The molecule has 3 rings (SSSR count). The fourth-order valence-electron chi connectivity index (χ4n) is 3.21. The van der Waals surface area contributed by atoms with Crippen LogP contribution in [0.25, 0.3) is 11.2 Å². The van der Waals surface area contributed by atoms with Gasteiger partial charge < -0.3 is 29.7 Å². The summed E-state index contributed by atoms with van der Waals surface area (Å²) in [5, 5.41) is 20.9. The Hall–Kier alpha value is -2.84. The standard InChI is InChI=1S/C18H26N5O10P/c1-3-5-10(24)32-34(29,33-11(25)6-4-2)30-7-9-13(26)14(27)17(31-9)23-8-20-12-15(23)21-18(19)22-16(12)28/h8-9,13-14,17,26-27H,3-7H2,1-2H3,(H3,19,21,22,28)/t9-,13?,14?,17-/m1/s1. The monoisotopic (exact) mass is 503 g/mol. The molecule has 0 radical (unpaired) electrons. The van der Waals surface area contributed by atoms with E-state index < -0.39 is 56.5 Å². The number of nitrogens with zero attached hydrogens (tertiary/aromatic N) is 3. The first-order valence-electron chi connectivity index (χ1n) is 10.5. The van der Waals surface area contributed by atoms with Crippen LogP contribution in [-0.4, -0.2) is 66.6 Å². The highest BCUT2D eigenvalue weighted by molar-refractivity contribution is 7.49. The number of aromatic amines is 1. The van der Waals surface area contributed by atoms with Gasteiger partial charge in [-0.05, 0) is 12.8 Å². The maximum Gasteiger partial charge on any atom is 0.592 e. The summed E-state index contributed by atoms with van der Waals surface area (Å²) in [6.07, 6.45) is -3.91. The smallest absolute Gasteiger partial charge is 0.387 e. The average Bonchev–Trinajstić information content (AvgIpc) is 3.28. The number of carbonyl (C=O) groups excluding carboxylic acids is 2. The number of nitrogens with one attached hydrogen (secondary N) is 1. The summed E-state index contributed by atoms with van der Waals surface area (Å²) in [5.41, 5.74) is 4.87. The molecular formula is C18H26N5O10P. The number of aromatic nitrogens is 4. The highest BCUT2D eigenvalue weighted by Crippen LogP contribution is 2.51. The zero-order chi connectivity index (χ0) is 25.0. The van der Waals surface area contributed by atoms with Gasteiger partial charge in [0.2, 0.25) is 5.95 Å². The molecule has 1 fully saturated rings. The Bertz CT molecular complexity index is 1130. The lowest BCUT2D eigenvalue weighted by Gasteiger charge is -2.20. The van der Waals surface area contributed by atoms with Crippen molar-refractivity contribution in [2.45, 2.75) is 64.1 Å². The number of hydrogen-bond acceptors (Lipinski definition) is 13. The Balaban J connectivity index is 1.77. The number of anilines is 1. The predicted octanol–water partition coefficient (Wildman–Crippen LogP) is 0.132. The molecule has 16 heteroatoms. The summed E-state index contributed by atoms with van der Waals surface area (Å²) in [6.45, 7) is 2.71. The van der Waals surface area contributed by atoms with Crippen molar-refractivity contribution >= 4 is 36.9 Å². The van der Waals surface area contributed by atoms with Crippen LogP contribution in [0.3, 0.4) is 0 Å². The van der Waals surface area contributed by atoms with Crippen LogP contribution < -0.4 is 11.3 Å². The summed E-state index contributed by atoms with van der Waals surface area (Å²) in [4.78, 5) is 45.9. The van der Waals surface area contributed by atoms with Crippen LogP contribution in [-0.2, 0) is 32.5 Å². The number of nitrogens with two attached hydrogens (primary N) is 1. The number of H-pyrrole nitrogens is 1. The lowest BCUT2D eigenvalue weighted by Crippen LogP contribution is -2.33. The maximum absolute atomic E-state index is 12.9. The molecule has 0 aliphatic carbocycles. The Morgan fingerprint density at radius 1 is 1.21 bits per heavy atom. The number of phosphoric acid groups is 1. The van der Waals surface area contributed by atoms with Gasteiger partial charge in [-0.25, -0.2) is 9.55 Å². The third-order valence-electron chi connectivity index (χ3n) is 4.79. The van der Waals surface area contributed by atoms with Gasteiger partial charge in [0.1, 0.15) is 18.3 Å². The van der Waals surface area contributed by atoms with Gasteiger partial charge in [0.15, 0.2) is 17.4 Å². The average molecular weight is 503 g/mol. The quantitative estimate of drug-likeness (QED) is 0.317. The fourth-order valence-corrected chi connectivity index (χ4v) is 4.36. The van der Waals surface area contributed by atoms with E-state index in [4.69, 9.17) is 24.0 Å². The van der Waals surface area contributed by atoms with E-state index in [-0.39, 0.29) is 30.0 Å². The van der Waals surface area contributed by atoms with Gasteiger partial charge in [-0.3, -0.25) is 28.5 Å². The molecule has 0 saturated carbocycles. The number of rotatable bonds is 10. The molecule has 1 aliphatic rings. The Morgan fingerprint density at radius 3 is 2.41 bits per heavy atom. The number of aliphatic hydroxyl groups excluding tert-OH is 2. The van der Waals surface area contributed by atoms with E-state index >= 15 is 0 Å². The minimum Gasteiger partial charge on any atom is -0.387 e. The molecule has 3 heterocycles. The molecule has 2 aromatic heterocycles. The minimum absolute atomic E-state index is 0.00766. The lowest BCUT2D eigenvalue weighted by molar-refractivity contribution is -0.141. The first-order valence-corrected chi connectivity index (χ1v) is 12.0. The maximum atomic E-state index is 12.9. The molecule has 188 valence electrons. The molecule has 4 atom stereocenters. The molecule has 1 saturated heterocycles. The molecule has 2 unspecified atom stereocenters. The van der Waals surface area contributed by atoms with Crippen LogP contribution in [0, 0.1) is 0 Å². The Kier molecular flexibility index (Phi) is 8.05. The second kappa shape index (κ2) is 10.6. The Labute approximate surface area is 192 Å². The number of aliphatic hydroxyl groups is 2. The number of hydrogen-bond donors (Lipinski definition) is 4. The highest BCUT2D eigenvalue weighted by atomic mass is 31.2. The van der Waals surface area contributed by atoms with E-state index in [0.29, 0.717) is 12.8 Å². The summed E-state index contributed by atoms with van der Waals surface area (Å²) in [6, 6.07) is 0. The fraction of sp³-hybridized carbons (Fsp3) is 0.611. The van der Waals surface area contributed by atoms with E-state index in [9.17, 15) is 29.2 Å². The number of phosphoric ester groups is 1. The van der Waals surface area contributed by atoms with Crippen molar-refractivity contribution in [1.82, 2.24) is 19.5 Å². The van der Waals surface area contributed by atoms with Crippen LogP contribution in [0.1, 0.15) is 45.8 Å². The highest BCUT2D eigenvalue weighted by Gasteiger charge is 2.46. The van der Waals surface area contributed by atoms with Crippen molar-refractivity contribution in [3.05, 3.63) is 16.7 Å². The normalized spacial score (nSPS) is 22.7. The largest absolute Gasteiger partial charge is 0.592 e. The zero-order valence-electron chi connectivity index (χ0n) is 18.4. The molecule has 15 nitrogen and oxygen atoms in total. The second-order valence-electron chi connectivity index (χ2n) is 7.49. The number of nitrogen functional groups attached to an aromatic ring is 1. The number of ether oxygens (including phenoxy) is 1. The molecule has 5 N–H and O–H groups in total. The van der Waals surface area contributed by atoms with Crippen LogP contribution >= 0.6 is 7.82 Å². The third-order valence-corrected chi connectivity index (χ3v) is 6.11. The van der Waals surface area contributed by atoms with Crippen LogP contribution in [0.5, 0.6) is 0 Å². The van der Waals surface area contributed by atoms with Gasteiger partial charge >= 0.3 is 19.8 Å². The molecule has 0 amide bonds. The molecule has 0 bridgehead atoms. The summed E-state index contributed by atoms with van der Waals surface area (Å²) < 4.78 is 34.4. The van der Waals surface area contributed by atoms with Gasteiger partial charge in [0, 0.05) is 12.8 Å². The first kappa shape index (κ1) is 25.8. The molecule has 0 spiro atoms. The molecule has 1 aliphatic heterocycles. The summed E-state index contributed by atoms with van der Waals surface area (Å²) >= 11 is 0. The van der Waals surface area contributed by atoms with E-state index in [0.717, 1.165) is 0 Å². The van der Waals surface area contributed by atoms with Crippen molar-refractivity contribution in [3.8, 4) is 0 Å². The molecule has 2 aromatic rings. The van der Waals surface area contributed by atoms with Crippen molar-refractivity contribution in [3.63, 3.8) is 0 Å². The topological polar surface area (TPSA) is 218 Å². The lowest BCUT2D eigenvalue weighted by atomic mass is 10.1. The summed E-state index contributed by atoms with van der Waals surface area (Å²) in [5.74, 6) is -2.00. The minimum atomic E-state index is -4.69. The second-order valence-corrected chi connectivity index (χ2v) is 9.01. The number of imidazole rings is 1. The zero-order valence-corrected chi connectivity index (χ0v) is 19.3. The van der Waals surface area contributed by atoms with Gasteiger partial charge in [-0.1, -0.05) is 13.8 Å². The SMILES string of the molecule is CCCC(=O)OP(=O)(OC[C@H]1O[C@@H](n2cnc3c(=O)[nH]c(N)nc32)C(O)C1O)OC(=O)CCC. The van der Waals surface area contributed by atoms with Crippen molar-refractivity contribution in [1.29, 1.82) is 0 Å². The first-order chi connectivity index (χ1) is 16.1. The van der Waals surface area contributed by atoms with Gasteiger partial charge in [0.05, 0.1) is 12.9 Å². The van der Waals surface area contributed by atoms with Crippen LogP contribution in [0.2, 0.25) is 0 Å². The van der Waals surface area contributed by atoms with E-state index in [1.807, 2.05) is 0 Å². The Morgan fingerprint density at radius 2 is 1.82 bits per heavy atom. The molecule has 0 aromatic carbocycles. The predicted molar refractivity (Wildman–Crippen MR) is 114 cm³/mol. The van der Waals surface area contributed by atoms with E-state index in [1.165, 1.54) is 10.9 Å². The van der Waals surface area contributed by atoms with Gasteiger partial charge in [-0.15, -0.1) is 0 Å². The summed E-state index contributed by atoms with van der Waals surface area (Å²) in [7, 11) is -4.69. The van der Waals surface area contributed by atoms with Crippen molar-refractivity contribution in [2.24, 2.45) is 0 Å². The van der Waals surface area contributed by atoms with Crippen LogP contribution in [0.15, 0.2) is 11.1 Å². The van der Waals surface area contributed by atoms with Crippen LogP contribution in [0.4, 0.5) is 5.95 Å². The molecule has 34 heavy (non-hydrogen) atoms. The third kappa shape index (κ3) is 5.62. The van der Waals surface area contributed by atoms with Gasteiger partial charge in [-0.2, -0.15) is 4.98 Å². The molecular weight excluding hydrogens is 477 g/mol. The number of fused-ring (bicyclic) bond motifs is 1.